The Morgan fingerprint density at radius 1 is 1.14 bits per heavy atom. The lowest BCUT2D eigenvalue weighted by Gasteiger charge is -2.34. The fourth-order valence-corrected chi connectivity index (χ4v) is 9.20. The summed E-state index contributed by atoms with van der Waals surface area (Å²) in [5, 5.41) is 4.42. The monoisotopic (exact) mass is 751 g/mol. The van der Waals surface area contributed by atoms with Crippen molar-refractivity contribution in [3.63, 3.8) is 0 Å². The number of alkyl carbamates (subject to hydrolysis) is 1. The Hall–Kier alpha value is -4.10. The average molecular weight is 753 g/mol. The number of imidazole rings is 1. The van der Waals surface area contributed by atoms with E-state index < -0.39 is 24.2 Å². The van der Waals surface area contributed by atoms with Crippen molar-refractivity contribution in [2.45, 2.75) is 57.8 Å². The number of aromatic amines is 1. The molecule has 2 saturated heterocycles. The van der Waals surface area contributed by atoms with Gasteiger partial charge in [-0.1, -0.05) is 23.2 Å². The summed E-state index contributed by atoms with van der Waals surface area (Å²) >= 11 is 15.0. The van der Waals surface area contributed by atoms with E-state index in [-0.39, 0.29) is 23.4 Å². The van der Waals surface area contributed by atoms with E-state index in [1.807, 2.05) is 10.6 Å². The topological polar surface area (TPSA) is 111 Å². The maximum atomic E-state index is 16.4. The smallest absolute Gasteiger partial charge is 0.407 e. The molecule has 5 aromatic rings. The van der Waals surface area contributed by atoms with Crippen LogP contribution in [0.2, 0.25) is 10.0 Å². The summed E-state index contributed by atoms with van der Waals surface area (Å²) in [5.41, 5.74) is 3.83. The van der Waals surface area contributed by atoms with Crippen LogP contribution < -0.4 is 10.1 Å². The number of carbonyl (C=O) groups excluding carboxylic acids is 2. The van der Waals surface area contributed by atoms with E-state index in [0.717, 1.165) is 27.3 Å². The molecule has 2 aromatic carbocycles. The third kappa shape index (κ3) is 5.95. The zero-order chi connectivity index (χ0) is 35.6. The van der Waals surface area contributed by atoms with E-state index in [0.29, 0.717) is 83.0 Å². The van der Waals surface area contributed by atoms with Gasteiger partial charge < -0.3 is 29.4 Å². The third-order valence-electron chi connectivity index (χ3n) is 10.3. The van der Waals surface area contributed by atoms with Gasteiger partial charge in [0.1, 0.15) is 23.4 Å². The molecule has 3 aliphatic heterocycles. The van der Waals surface area contributed by atoms with Gasteiger partial charge in [0, 0.05) is 40.6 Å². The van der Waals surface area contributed by atoms with Crippen LogP contribution in [0.25, 0.3) is 33.4 Å². The highest BCUT2D eigenvalue weighted by Crippen LogP contribution is 2.51. The molecule has 0 saturated carbocycles. The standard InChI is InChI=1S/C37H36Cl2FN5O5S/c1-18-13-29(51-19(18)2)36-45-26-7-6-22(38)16-23(26)31(39)33(45)30-24(40)14-21(15-28(30)50-36)25-17-41-34(42-25)27-5-4-10-44(27)35(46)32(43-37(47)48-3)20-8-11-49-12-9-20/h6-7,13-17,20,27,32,36H,4-5,8-12H2,1-3H3,(H,41,42)(H,43,47)/t27-,32+,36?/m0/s1. The molecule has 14 heteroatoms. The summed E-state index contributed by atoms with van der Waals surface area (Å²) in [6, 6.07) is 9.73. The number of ether oxygens (including phenoxy) is 3. The number of hydrogen-bond acceptors (Lipinski definition) is 7. The van der Waals surface area contributed by atoms with Crippen molar-refractivity contribution in [3.8, 4) is 28.3 Å². The molecule has 3 aromatic heterocycles. The van der Waals surface area contributed by atoms with Gasteiger partial charge in [0.2, 0.25) is 12.1 Å². The first-order chi connectivity index (χ1) is 24.6. The molecule has 0 radical (unpaired) electrons. The molecule has 51 heavy (non-hydrogen) atoms. The maximum Gasteiger partial charge on any atom is 0.407 e. The molecule has 1 unspecified atom stereocenters. The number of fused-ring (bicyclic) bond motifs is 5. The first-order valence-corrected chi connectivity index (χ1v) is 18.5. The van der Waals surface area contributed by atoms with Crippen molar-refractivity contribution < 1.29 is 28.2 Å². The van der Waals surface area contributed by atoms with Crippen LogP contribution in [0.15, 0.2) is 42.6 Å². The normalized spacial score (nSPS) is 19.5. The highest BCUT2D eigenvalue weighted by atomic mass is 35.5. The first-order valence-electron chi connectivity index (χ1n) is 17.0. The van der Waals surface area contributed by atoms with Crippen molar-refractivity contribution >= 4 is 57.4 Å². The number of thiophene rings is 1. The summed E-state index contributed by atoms with van der Waals surface area (Å²) in [5.74, 6) is 0.176. The van der Waals surface area contributed by atoms with E-state index in [1.54, 1.807) is 40.6 Å². The van der Waals surface area contributed by atoms with Gasteiger partial charge in [-0.25, -0.2) is 14.2 Å². The first kappa shape index (κ1) is 34.0. The predicted molar refractivity (Wildman–Crippen MR) is 194 cm³/mol. The zero-order valence-electron chi connectivity index (χ0n) is 28.2. The number of methoxy groups -OCH3 is 1. The Labute approximate surface area is 307 Å². The van der Waals surface area contributed by atoms with Crippen LogP contribution in [0, 0.1) is 25.6 Å². The zero-order valence-corrected chi connectivity index (χ0v) is 30.6. The number of aryl methyl sites for hydroxylation is 2. The number of H-pyrrole nitrogens is 1. The lowest BCUT2D eigenvalue weighted by molar-refractivity contribution is -0.136. The number of nitrogens with zero attached hydrogens (tertiary/aromatic N) is 3. The van der Waals surface area contributed by atoms with Crippen LogP contribution in [0.3, 0.4) is 0 Å². The highest BCUT2D eigenvalue weighted by Gasteiger charge is 2.40. The Kier molecular flexibility index (Phi) is 8.98. The molecule has 3 atom stereocenters. The van der Waals surface area contributed by atoms with Crippen molar-refractivity contribution in [3.05, 3.63) is 79.6 Å². The molecule has 0 bridgehead atoms. The summed E-state index contributed by atoms with van der Waals surface area (Å²) in [4.78, 5) is 38.3. The van der Waals surface area contributed by atoms with Crippen LogP contribution in [-0.4, -0.2) is 64.3 Å². The third-order valence-corrected chi connectivity index (χ3v) is 12.1. The number of hydrogen-bond donors (Lipinski definition) is 2. The number of aromatic nitrogens is 3. The highest BCUT2D eigenvalue weighted by molar-refractivity contribution is 7.12. The van der Waals surface area contributed by atoms with Crippen molar-refractivity contribution in [2.24, 2.45) is 5.92 Å². The second kappa shape index (κ2) is 13.5. The Bertz CT molecular complexity index is 2160. The van der Waals surface area contributed by atoms with Crippen LogP contribution in [0.5, 0.6) is 5.75 Å². The largest absolute Gasteiger partial charge is 0.464 e. The van der Waals surface area contributed by atoms with Gasteiger partial charge in [-0.15, -0.1) is 11.3 Å². The molecule has 266 valence electrons. The number of likely N-dealkylation sites (tertiary alicyclic amines) is 1. The quantitative estimate of drug-likeness (QED) is 0.180. The summed E-state index contributed by atoms with van der Waals surface area (Å²) in [6.45, 7) is 5.70. The molecule has 0 aliphatic carbocycles. The van der Waals surface area contributed by atoms with E-state index >= 15 is 4.39 Å². The number of halogens is 3. The van der Waals surface area contributed by atoms with Crippen molar-refractivity contribution in [1.82, 2.24) is 24.8 Å². The van der Waals surface area contributed by atoms with Gasteiger partial charge in [-0.05, 0) is 87.4 Å². The number of carbonyl (C=O) groups is 2. The summed E-state index contributed by atoms with van der Waals surface area (Å²) in [6.07, 6.45) is 3.18. The number of rotatable bonds is 6. The van der Waals surface area contributed by atoms with Crippen LogP contribution >= 0.6 is 34.5 Å². The summed E-state index contributed by atoms with van der Waals surface area (Å²) in [7, 11) is 1.28. The van der Waals surface area contributed by atoms with E-state index in [1.165, 1.54) is 13.2 Å². The van der Waals surface area contributed by atoms with E-state index in [4.69, 9.17) is 37.4 Å². The molecule has 6 heterocycles. The fourth-order valence-electron chi connectivity index (χ4n) is 7.63. The minimum absolute atomic E-state index is 0.0766. The molecule has 2 N–H and O–H groups in total. The lowest BCUT2D eigenvalue weighted by atomic mass is 9.90. The number of amides is 2. The van der Waals surface area contributed by atoms with Gasteiger partial charge in [0.05, 0.1) is 51.7 Å². The second-order valence-electron chi connectivity index (χ2n) is 13.3. The van der Waals surface area contributed by atoms with Gasteiger partial charge in [-0.2, -0.15) is 0 Å². The SMILES string of the molecule is COC(=O)N[C@@H](C(=O)N1CCC[C@H]1c1ncc(-c2cc(F)c3c(c2)OC(c2cc(C)c(C)s2)n2c-3c(Cl)c3cc(Cl)ccc32)[nH]1)C1CCOCC1. The molecule has 3 aliphatic rings. The Morgan fingerprint density at radius 2 is 1.94 bits per heavy atom. The lowest BCUT2D eigenvalue weighted by Crippen LogP contribution is -2.53. The molecule has 8 rings (SSSR count). The second-order valence-corrected chi connectivity index (χ2v) is 15.4. The van der Waals surface area contributed by atoms with Crippen LogP contribution in [0.4, 0.5) is 9.18 Å². The van der Waals surface area contributed by atoms with Gasteiger partial charge in [-0.3, -0.25) is 9.36 Å². The minimum Gasteiger partial charge on any atom is -0.464 e. The van der Waals surface area contributed by atoms with E-state index in [2.05, 4.69) is 35.2 Å². The van der Waals surface area contributed by atoms with Gasteiger partial charge >= 0.3 is 6.09 Å². The molecule has 2 amide bonds. The number of benzene rings is 2. The number of nitrogens with one attached hydrogen (secondary N) is 2. The molecular formula is C37H36Cl2FN5O5S. The average Bonchev–Trinajstić information content (AvgIpc) is 3.93. The van der Waals surface area contributed by atoms with Crippen LogP contribution in [-0.2, 0) is 14.3 Å². The maximum absolute atomic E-state index is 16.4. The minimum atomic E-state index is -0.745. The van der Waals surface area contributed by atoms with E-state index in [9.17, 15) is 9.59 Å². The fraction of sp³-hybridized carbons (Fsp3) is 0.378. The van der Waals surface area contributed by atoms with Gasteiger partial charge in [0.25, 0.3) is 0 Å². The molecule has 0 spiro atoms. The molecule has 2 fully saturated rings. The Morgan fingerprint density at radius 3 is 2.69 bits per heavy atom. The summed E-state index contributed by atoms with van der Waals surface area (Å²) < 4.78 is 35.4. The van der Waals surface area contributed by atoms with Gasteiger partial charge in [0.15, 0.2) is 0 Å². The predicted octanol–water partition coefficient (Wildman–Crippen LogP) is 8.58. The molecule has 10 nitrogen and oxygen atoms in total. The molecular weight excluding hydrogens is 716 g/mol. The van der Waals surface area contributed by atoms with Crippen molar-refractivity contribution in [1.29, 1.82) is 0 Å². The van der Waals surface area contributed by atoms with Crippen LogP contribution in [0.1, 0.15) is 59.1 Å². The Balaban J connectivity index is 1.14. The van der Waals surface area contributed by atoms with Crippen molar-refractivity contribution in [2.75, 3.05) is 26.9 Å².